The van der Waals surface area contributed by atoms with Gasteiger partial charge in [0.05, 0.1) is 13.5 Å². The number of rotatable bonds is 6. The molecule has 0 aromatic rings. The Morgan fingerprint density at radius 1 is 1.26 bits per heavy atom. The van der Waals surface area contributed by atoms with Crippen LogP contribution in [0.1, 0.15) is 51.9 Å². The van der Waals surface area contributed by atoms with Gasteiger partial charge in [-0.3, -0.25) is 9.59 Å². The maximum atomic E-state index is 11.8. The molecule has 0 spiro atoms. The van der Waals surface area contributed by atoms with Gasteiger partial charge in [-0.15, -0.1) is 0 Å². The molecule has 2 unspecified atom stereocenters. The van der Waals surface area contributed by atoms with Crippen LogP contribution in [0.25, 0.3) is 0 Å². The van der Waals surface area contributed by atoms with Gasteiger partial charge >= 0.3 is 5.97 Å². The van der Waals surface area contributed by atoms with E-state index in [1.807, 2.05) is 0 Å². The van der Waals surface area contributed by atoms with Gasteiger partial charge in [-0.05, 0) is 25.7 Å². The minimum absolute atomic E-state index is 0.0746. The fraction of sp³-hybridized carbons (Fsp3) is 0.857. The van der Waals surface area contributed by atoms with Crippen LogP contribution >= 0.6 is 0 Å². The molecule has 0 radical (unpaired) electrons. The van der Waals surface area contributed by atoms with Crippen LogP contribution in [0.4, 0.5) is 0 Å². The molecule has 1 saturated carbocycles. The van der Waals surface area contributed by atoms with Crippen molar-refractivity contribution in [2.45, 2.75) is 64.0 Å². The molecule has 3 N–H and O–H groups in total. The number of esters is 1. The second kappa shape index (κ2) is 8.15. The SMILES string of the molecule is COC(=O)CC(NC(=O)CC(C)N)C1CCCCC1. The quantitative estimate of drug-likeness (QED) is 0.714. The molecule has 1 aliphatic rings. The van der Waals surface area contributed by atoms with Gasteiger partial charge < -0.3 is 15.8 Å². The monoisotopic (exact) mass is 270 g/mol. The van der Waals surface area contributed by atoms with E-state index in [-0.39, 0.29) is 30.4 Å². The van der Waals surface area contributed by atoms with Crippen LogP contribution in [-0.2, 0) is 14.3 Å². The zero-order valence-electron chi connectivity index (χ0n) is 12.0. The molecule has 0 saturated heterocycles. The first kappa shape index (κ1) is 16.0. The molecule has 110 valence electrons. The Morgan fingerprint density at radius 3 is 2.42 bits per heavy atom. The Morgan fingerprint density at radius 2 is 1.89 bits per heavy atom. The van der Waals surface area contributed by atoms with E-state index in [9.17, 15) is 9.59 Å². The van der Waals surface area contributed by atoms with Crippen molar-refractivity contribution in [3.63, 3.8) is 0 Å². The molecule has 19 heavy (non-hydrogen) atoms. The largest absolute Gasteiger partial charge is 0.469 e. The predicted octanol–water partition coefficient (Wildman–Crippen LogP) is 1.35. The van der Waals surface area contributed by atoms with Crippen molar-refractivity contribution in [3.8, 4) is 0 Å². The van der Waals surface area contributed by atoms with Crippen LogP contribution in [0.15, 0.2) is 0 Å². The average molecular weight is 270 g/mol. The number of carbonyl (C=O) groups is 2. The molecule has 2 atom stereocenters. The van der Waals surface area contributed by atoms with Gasteiger partial charge in [-0.1, -0.05) is 19.3 Å². The predicted molar refractivity (Wildman–Crippen MR) is 73.4 cm³/mol. The molecule has 1 aliphatic carbocycles. The summed E-state index contributed by atoms with van der Waals surface area (Å²) >= 11 is 0. The van der Waals surface area contributed by atoms with E-state index in [0.717, 1.165) is 12.8 Å². The summed E-state index contributed by atoms with van der Waals surface area (Å²) in [5.74, 6) is 0.0380. The van der Waals surface area contributed by atoms with Crippen LogP contribution in [0.2, 0.25) is 0 Å². The molecule has 0 aromatic heterocycles. The highest BCUT2D eigenvalue weighted by molar-refractivity contribution is 5.78. The van der Waals surface area contributed by atoms with Crippen molar-refractivity contribution in [2.24, 2.45) is 11.7 Å². The minimum Gasteiger partial charge on any atom is -0.469 e. The lowest BCUT2D eigenvalue weighted by atomic mass is 9.82. The van der Waals surface area contributed by atoms with Gasteiger partial charge in [0.15, 0.2) is 0 Å². The molecule has 1 fully saturated rings. The normalized spacial score (nSPS) is 19.5. The minimum atomic E-state index is -0.267. The first-order valence-corrected chi connectivity index (χ1v) is 7.14. The number of carbonyl (C=O) groups excluding carboxylic acids is 2. The Bertz CT molecular complexity index is 299. The second-order valence-corrected chi connectivity index (χ2v) is 5.53. The maximum Gasteiger partial charge on any atom is 0.307 e. The zero-order valence-corrected chi connectivity index (χ0v) is 12.0. The van der Waals surface area contributed by atoms with E-state index in [4.69, 9.17) is 10.5 Å². The number of nitrogens with two attached hydrogens (primary N) is 1. The number of nitrogens with one attached hydrogen (secondary N) is 1. The summed E-state index contributed by atoms with van der Waals surface area (Å²) in [7, 11) is 1.38. The smallest absolute Gasteiger partial charge is 0.307 e. The lowest BCUT2D eigenvalue weighted by Crippen LogP contribution is -2.44. The van der Waals surface area contributed by atoms with Crippen molar-refractivity contribution < 1.29 is 14.3 Å². The van der Waals surface area contributed by atoms with Crippen molar-refractivity contribution in [1.29, 1.82) is 0 Å². The second-order valence-electron chi connectivity index (χ2n) is 5.53. The van der Waals surface area contributed by atoms with E-state index in [1.54, 1.807) is 6.92 Å². The van der Waals surface area contributed by atoms with Gasteiger partial charge in [-0.25, -0.2) is 0 Å². The molecule has 5 nitrogen and oxygen atoms in total. The average Bonchev–Trinajstić information content (AvgIpc) is 2.37. The van der Waals surface area contributed by atoms with E-state index in [2.05, 4.69) is 5.32 Å². The highest BCUT2D eigenvalue weighted by Crippen LogP contribution is 2.28. The van der Waals surface area contributed by atoms with Crippen LogP contribution in [0.5, 0.6) is 0 Å². The van der Waals surface area contributed by atoms with Gasteiger partial charge in [0.2, 0.25) is 5.91 Å². The van der Waals surface area contributed by atoms with Crippen molar-refractivity contribution in [3.05, 3.63) is 0 Å². The molecule has 0 aliphatic heterocycles. The third-order valence-electron chi connectivity index (χ3n) is 3.69. The summed E-state index contributed by atoms with van der Waals surface area (Å²) in [5, 5.41) is 2.96. The Hall–Kier alpha value is -1.10. The Kier molecular flexibility index (Phi) is 6.84. The molecule has 0 aromatic carbocycles. The summed E-state index contributed by atoms with van der Waals surface area (Å²) in [6.07, 6.45) is 6.28. The summed E-state index contributed by atoms with van der Waals surface area (Å²) in [6.45, 7) is 1.80. The first-order valence-electron chi connectivity index (χ1n) is 7.14. The number of hydrogen-bond donors (Lipinski definition) is 2. The highest BCUT2D eigenvalue weighted by Gasteiger charge is 2.27. The fourth-order valence-electron chi connectivity index (χ4n) is 2.69. The van der Waals surface area contributed by atoms with Crippen molar-refractivity contribution >= 4 is 11.9 Å². The van der Waals surface area contributed by atoms with Crippen molar-refractivity contribution in [2.75, 3.05) is 7.11 Å². The highest BCUT2D eigenvalue weighted by atomic mass is 16.5. The van der Waals surface area contributed by atoms with Gasteiger partial charge in [0.1, 0.15) is 0 Å². The standard InChI is InChI=1S/C14H26N2O3/c1-10(15)8-13(17)16-12(9-14(18)19-2)11-6-4-3-5-7-11/h10-12H,3-9,15H2,1-2H3,(H,16,17). The Labute approximate surface area is 115 Å². The zero-order chi connectivity index (χ0) is 14.3. The summed E-state index contributed by atoms with van der Waals surface area (Å²) < 4.78 is 4.72. The summed E-state index contributed by atoms with van der Waals surface area (Å²) in [5.41, 5.74) is 5.62. The Balaban J connectivity index is 2.57. The molecule has 5 heteroatoms. The van der Waals surface area contributed by atoms with Gasteiger partial charge in [0, 0.05) is 18.5 Å². The van der Waals surface area contributed by atoms with E-state index in [1.165, 1.54) is 26.4 Å². The molecule has 1 rings (SSSR count). The van der Waals surface area contributed by atoms with Crippen molar-refractivity contribution in [1.82, 2.24) is 5.32 Å². The fourth-order valence-corrected chi connectivity index (χ4v) is 2.69. The summed E-state index contributed by atoms with van der Waals surface area (Å²) in [4.78, 5) is 23.3. The number of ether oxygens (including phenoxy) is 1. The lowest BCUT2D eigenvalue weighted by Gasteiger charge is -2.30. The molecular formula is C14H26N2O3. The molecule has 0 bridgehead atoms. The van der Waals surface area contributed by atoms with Crippen LogP contribution in [-0.4, -0.2) is 31.1 Å². The molecule has 1 amide bonds. The third kappa shape index (κ3) is 6.05. The van der Waals surface area contributed by atoms with Gasteiger partial charge in [0.25, 0.3) is 0 Å². The van der Waals surface area contributed by atoms with Gasteiger partial charge in [-0.2, -0.15) is 0 Å². The topological polar surface area (TPSA) is 81.4 Å². The third-order valence-corrected chi connectivity index (χ3v) is 3.69. The van der Waals surface area contributed by atoms with Crippen LogP contribution in [0, 0.1) is 5.92 Å². The lowest BCUT2D eigenvalue weighted by molar-refractivity contribution is -0.141. The van der Waals surface area contributed by atoms with Crippen LogP contribution < -0.4 is 11.1 Å². The maximum absolute atomic E-state index is 11.8. The molecular weight excluding hydrogens is 244 g/mol. The van der Waals surface area contributed by atoms with Crippen LogP contribution in [0.3, 0.4) is 0 Å². The van der Waals surface area contributed by atoms with E-state index in [0.29, 0.717) is 12.3 Å². The summed E-state index contributed by atoms with van der Waals surface area (Å²) in [6, 6.07) is -0.274. The van der Waals surface area contributed by atoms with E-state index >= 15 is 0 Å². The van der Waals surface area contributed by atoms with E-state index < -0.39 is 0 Å². The first-order chi connectivity index (χ1) is 9.02. The number of hydrogen-bond acceptors (Lipinski definition) is 4. The number of methoxy groups -OCH3 is 1. The molecule has 0 heterocycles. The number of amides is 1.